The fourth-order valence-corrected chi connectivity index (χ4v) is 1.80. The van der Waals surface area contributed by atoms with Crippen LogP contribution in [0.15, 0.2) is 24.3 Å². The Hall–Kier alpha value is -2.21. The molecule has 0 unspecified atom stereocenters. The highest BCUT2D eigenvalue weighted by Crippen LogP contribution is 2.30. The molecule has 0 bridgehead atoms. The lowest BCUT2D eigenvalue weighted by atomic mass is 10.2. The van der Waals surface area contributed by atoms with Gasteiger partial charge >= 0.3 is 0 Å². The first-order chi connectivity index (χ1) is 8.97. The Bertz CT molecular complexity index is 626. The summed E-state index contributed by atoms with van der Waals surface area (Å²) in [6.07, 6.45) is 0. The lowest BCUT2D eigenvalue weighted by Gasteiger charge is -2.08. The Labute approximate surface area is 114 Å². The highest BCUT2D eigenvalue weighted by atomic mass is 35.5. The fourth-order valence-electron chi connectivity index (χ4n) is 1.58. The number of aromatic nitrogens is 2. The molecule has 0 atom stereocenters. The molecule has 0 aliphatic carbocycles. The van der Waals surface area contributed by atoms with Gasteiger partial charge in [0.1, 0.15) is 16.7 Å². The minimum absolute atomic E-state index is 0.00521. The molecular formula is C12H10ClN3O3. The Morgan fingerprint density at radius 3 is 2.68 bits per heavy atom. The minimum atomic E-state index is -0.458. The summed E-state index contributed by atoms with van der Waals surface area (Å²) in [4.78, 5) is 18.3. The Morgan fingerprint density at radius 1 is 1.32 bits per heavy atom. The van der Waals surface area contributed by atoms with Gasteiger partial charge in [0.2, 0.25) is 5.88 Å². The Kier molecular flexibility index (Phi) is 3.62. The largest absolute Gasteiger partial charge is 0.438 e. The third-order valence-corrected chi connectivity index (χ3v) is 2.64. The number of nitro groups is 1. The first kappa shape index (κ1) is 13.2. The van der Waals surface area contributed by atoms with E-state index in [1.807, 2.05) is 0 Å². The summed E-state index contributed by atoms with van der Waals surface area (Å²) in [6.45, 7) is 3.29. The SMILES string of the molecule is Cc1nc(Cl)cc(Oc2cccc([N+](=O)[O-])c2C)n1. The van der Waals surface area contributed by atoms with E-state index in [1.165, 1.54) is 12.1 Å². The van der Waals surface area contributed by atoms with Gasteiger partial charge in [-0.25, -0.2) is 4.98 Å². The van der Waals surface area contributed by atoms with Crippen LogP contribution in [0.2, 0.25) is 5.15 Å². The molecule has 0 saturated carbocycles. The molecule has 0 fully saturated rings. The summed E-state index contributed by atoms with van der Waals surface area (Å²) >= 11 is 5.80. The average Bonchev–Trinajstić information content (AvgIpc) is 2.30. The van der Waals surface area contributed by atoms with E-state index in [2.05, 4.69) is 9.97 Å². The second kappa shape index (κ2) is 5.19. The number of benzene rings is 1. The van der Waals surface area contributed by atoms with Crippen LogP contribution in [0.25, 0.3) is 0 Å². The zero-order valence-electron chi connectivity index (χ0n) is 10.3. The highest BCUT2D eigenvalue weighted by Gasteiger charge is 2.15. The van der Waals surface area contributed by atoms with Crippen LogP contribution in [0.1, 0.15) is 11.4 Å². The third kappa shape index (κ3) is 2.97. The van der Waals surface area contributed by atoms with Gasteiger partial charge in [-0.1, -0.05) is 17.7 Å². The molecule has 0 N–H and O–H groups in total. The van der Waals surface area contributed by atoms with Gasteiger partial charge in [-0.2, -0.15) is 4.98 Å². The summed E-state index contributed by atoms with van der Waals surface area (Å²) in [7, 11) is 0. The lowest BCUT2D eigenvalue weighted by Crippen LogP contribution is -1.97. The molecule has 0 spiro atoms. The maximum absolute atomic E-state index is 10.8. The summed E-state index contributed by atoms with van der Waals surface area (Å²) < 4.78 is 5.52. The smallest absolute Gasteiger partial charge is 0.276 e. The van der Waals surface area contributed by atoms with E-state index in [9.17, 15) is 10.1 Å². The van der Waals surface area contributed by atoms with Gasteiger partial charge < -0.3 is 4.74 Å². The molecule has 2 rings (SSSR count). The van der Waals surface area contributed by atoms with E-state index in [-0.39, 0.29) is 16.7 Å². The average molecular weight is 280 g/mol. The van der Waals surface area contributed by atoms with Crippen LogP contribution in [-0.4, -0.2) is 14.9 Å². The number of rotatable bonds is 3. The summed E-state index contributed by atoms with van der Waals surface area (Å²) in [5.74, 6) is 1.08. The van der Waals surface area contributed by atoms with Crippen LogP contribution in [-0.2, 0) is 0 Å². The number of hydrogen-bond acceptors (Lipinski definition) is 5. The lowest BCUT2D eigenvalue weighted by molar-refractivity contribution is -0.385. The van der Waals surface area contributed by atoms with Gasteiger partial charge in [-0.15, -0.1) is 0 Å². The first-order valence-electron chi connectivity index (χ1n) is 5.40. The quantitative estimate of drug-likeness (QED) is 0.488. The first-order valence-corrected chi connectivity index (χ1v) is 5.78. The van der Waals surface area contributed by atoms with Crippen LogP contribution in [0.5, 0.6) is 11.6 Å². The fraction of sp³-hybridized carbons (Fsp3) is 0.167. The maximum Gasteiger partial charge on any atom is 0.276 e. The van der Waals surface area contributed by atoms with Crippen molar-refractivity contribution in [3.63, 3.8) is 0 Å². The topological polar surface area (TPSA) is 78.2 Å². The van der Waals surface area contributed by atoms with Crippen LogP contribution in [0.4, 0.5) is 5.69 Å². The molecule has 0 amide bonds. The van der Waals surface area contributed by atoms with Gasteiger partial charge in [0.25, 0.3) is 5.69 Å². The molecule has 0 aliphatic rings. The van der Waals surface area contributed by atoms with E-state index in [1.54, 1.807) is 26.0 Å². The number of nitro benzene ring substituents is 1. The van der Waals surface area contributed by atoms with Crippen LogP contribution in [0, 0.1) is 24.0 Å². The van der Waals surface area contributed by atoms with Gasteiger partial charge in [-0.3, -0.25) is 10.1 Å². The molecular weight excluding hydrogens is 270 g/mol. The van der Waals surface area contributed by atoms with Crippen LogP contribution in [0.3, 0.4) is 0 Å². The normalized spacial score (nSPS) is 10.3. The van der Waals surface area contributed by atoms with Crippen LogP contribution < -0.4 is 4.74 Å². The Morgan fingerprint density at radius 2 is 2.05 bits per heavy atom. The molecule has 1 aromatic carbocycles. The van der Waals surface area contributed by atoms with Crippen molar-refractivity contribution in [2.24, 2.45) is 0 Å². The minimum Gasteiger partial charge on any atom is -0.438 e. The number of ether oxygens (including phenoxy) is 1. The Balaban J connectivity index is 2.38. The van der Waals surface area contributed by atoms with Gasteiger partial charge in [0, 0.05) is 12.1 Å². The standard InChI is InChI=1S/C12H10ClN3O3/c1-7-9(16(17)18)4-3-5-10(7)19-12-6-11(13)14-8(2)15-12/h3-6H,1-2H3. The van der Waals surface area contributed by atoms with Crippen molar-refractivity contribution >= 4 is 17.3 Å². The number of nitrogens with zero attached hydrogens (tertiary/aromatic N) is 3. The van der Waals surface area contributed by atoms with E-state index in [0.717, 1.165) is 0 Å². The van der Waals surface area contributed by atoms with Crippen molar-refractivity contribution in [2.75, 3.05) is 0 Å². The summed E-state index contributed by atoms with van der Waals surface area (Å²) in [5, 5.41) is 11.1. The highest BCUT2D eigenvalue weighted by molar-refractivity contribution is 6.29. The second-order valence-electron chi connectivity index (χ2n) is 3.84. The molecule has 98 valence electrons. The third-order valence-electron chi connectivity index (χ3n) is 2.45. The van der Waals surface area contributed by atoms with Crippen molar-refractivity contribution in [3.8, 4) is 11.6 Å². The van der Waals surface area contributed by atoms with Crippen molar-refractivity contribution in [2.45, 2.75) is 13.8 Å². The number of aryl methyl sites for hydroxylation is 1. The second-order valence-corrected chi connectivity index (χ2v) is 4.22. The van der Waals surface area contributed by atoms with Crippen molar-refractivity contribution in [3.05, 3.63) is 50.9 Å². The number of hydrogen-bond donors (Lipinski definition) is 0. The summed E-state index contributed by atoms with van der Waals surface area (Å²) in [6, 6.07) is 6.05. The molecule has 19 heavy (non-hydrogen) atoms. The summed E-state index contributed by atoms with van der Waals surface area (Å²) in [5.41, 5.74) is 0.425. The van der Waals surface area contributed by atoms with Crippen molar-refractivity contribution in [1.29, 1.82) is 0 Å². The zero-order valence-corrected chi connectivity index (χ0v) is 11.0. The zero-order chi connectivity index (χ0) is 14.0. The predicted octanol–water partition coefficient (Wildman–Crippen LogP) is 3.45. The van der Waals surface area contributed by atoms with Crippen molar-refractivity contribution in [1.82, 2.24) is 9.97 Å². The maximum atomic E-state index is 10.8. The predicted molar refractivity (Wildman–Crippen MR) is 69.7 cm³/mol. The van der Waals surface area contributed by atoms with Gasteiger partial charge in [0.05, 0.1) is 10.5 Å². The molecule has 0 aliphatic heterocycles. The molecule has 7 heteroatoms. The van der Waals surface area contributed by atoms with E-state index < -0.39 is 4.92 Å². The molecule has 1 aromatic heterocycles. The molecule has 2 aromatic rings. The van der Waals surface area contributed by atoms with Gasteiger partial charge in [0.15, 0.2) is 0 Å². The molecule has 1 heterocycles. The molecule has 0 saturated heterocycles. The van der Waals surface area contributed by atoms with Crippen LogP contribution >= 0.6 is 11.6 Å². The molecule has 6 nitrogen and oxygen atoms in total. The van der Waals surface area contributed by atoms with E-state index in [0.29, 0.717) is 17.1 Å². The van der Waals surface area contributed by atoms with Crippen molar-refractivity contribution < 1.29 is 9.66 Å². The van der Waals surface area contributed by atoms with E-state index in [4.69, 9.17) is 16.3 Å². The van der Waals surface area contributed by atoms with Gasteiger partial charge in [-0.05, 0) is 19.9 Å². The van der Waals surface area contributed by atoms with E-state index >= 15 is 0 Å². The number of halogens is 1. The monoisotopic (exact) mass is 279 g/mol. The molecule has 0 radical (unpaired) electrons.